The molecule has 0 spiro atoms. The Morgan fingerprint density at radius 3 is 2.18 bits per heavy atom. The van der Waals surface area contributed by atoms with Gasteiger partial charge in [-0.25, -0.2) is 0 Å². The van der Waals surface area contributed by atoms with Crippen LogP contribution in [0.1, 0.15) is 34.1 Å². The number of likely N-dealkylation sites (tertiary alicyclic amines) is 1. The second-order valence-electron chi connectivity index (χ2n) is 5.32. The largest absolute Gasteiger partial charge is 0.464 e. The quantitative estimate of drug-likeness (QED) is 0.709. The molecule has 8 heteroatoms. The number of hydrogen-bond acceptors (Lipinski definition) is 6. The van der Waals surface area contributed by atoms with Crippen molar-refractivity contribution in [2.75, 3.05) is 13.2 Å². The van der Waals surface area contributed by atoms with Gasteiger partial charge in [0.25, 0.3) is 0 Å². The summed E-state index contributed by atoms with van der Waals surface area (Å²) in [4.78, 5) is 46.8. The number of carbonyl (C=O) groups is 4. The van der Waals surface area contributed by atoms with Gasteiger partial charge in [-0.3, -0.25) is 19.2 Å². The molecular weight excluding hydrogens is 292 g/mol. The van der Waals surface area contributed by atoms with Crippen molar-refractivity contribution in [3.05, 3.63) is 0 Å². The maximum absolute atomic E-state index is 11.8. The monoisotopic (exact) mass is 314 g/mol. The SMILES string of the molecule is CC(=O)N[C@@H]1CN(C(C)=O)[C@H](COC(C)=O)C[C@@H]1OC(C)=O. The van der Waals surface area contributed by atoms with E-state index in [9.17, 15) is 19.2 Å². The minimum absolute atomic E-state index is 0.0273. The van der Waals surface area contributed by atoms with Gasteiger partial charge in [0, 0.05) is 40.7 Å². The second-order valence-corrected chi connectivity index (χ2v) is 5.32. The Hall–Kier alpha value is -2.12. The van der Waals surface area contributed by atoms with Crippen LogP contribution in [0.25, 0.3) is 0 Å². The molecule has 0 aromatic heterocycles. The number of nitrogens with one attached hydrogen (secondary N) is 1. The fourth-order valence-corrected chi connectivity index (χ4v) is 2.54. The minimum atomic E-state index is -0.572. The Labute approximate surface area is 129 Å². The molecule has 124 valence electrons. The number of hydrogen-bond donors (Lipinski definition) is 1. The third-order valence-electron chi connectivity index (χ3n) is 3.38. The molecule has 1 aliphatic rings. The van der Waals surface area contributed by atoms with Gasteiger partial charge in [-0.1, -0.05) is 0 Å². The summed E-state index contributed by atoms with van der Waals surface area (Å²) in [6.45, 7) is 5.54. The van der Waals surface area contributed by atoms with E-state index in [4.69, 9.17) is 9.47 Å². The van der Waals surface area contributed by atoms with Crippen molar-refractivity contribution in [3.63, 3.8) is 0 Å². The molecule has 1 heterocycles. The lowest BCUT2D eigenvalue weighted by molar-refractivity contribution is -0.159. The van der Waals surface area contributed by atoms with Crippen molar-refractivity contribution < 1.29 is 28.7 Å². The van der Waals surface area contributed by atoms with Crippen LogP contribution >= 0.6 is 0 Å². The molecule has 0 aromatic carbocycles. The van der Waals surface area contributed by atoms with Gasteiger partial charge < -0.3 is 19.7 Å². The van der Waals surface area contributed by atoms with Gasteiger partial charge in [0.1, 0.15) is 12.7 Å². The highest BCUT2D eigenvalue weighted by molar-refractivity contribution is 5.75. The average molecular weight is 314 g/mol. The van der Waals surface area contributed by atoms with Crippen LogP contribution in [0.4, 0.5) is 0 Å². The van der Waals surface area contributed by atoms with E-state index in [-0.39, 0.29) is 31.4 Å². The number of amides is 2. The summed E-state index contributed by atoms with van der Waals surface area (Å²) in [7, 11) is 0. The van der Waals surface area contributed by atoms with Crippen LogP contribution in [0.3, 0.4) is 0 Å². The van der Waals surface area contributed by atoms with E-state index in [0.29, 0.717) is 0 Å². The van der Waals surface area contributed by atoms with E-state index in [2.05, 4.69) is 5.32 Å². The summed E-state index contributed by atoms with van der Waals surface area (Å²) in [5, 5.41) is 2.69. The van der Waals surface area contributed by atoms with E-state index in [0.717, 1.165) is 0 Å². The fraction of sp³-hybridized carbons (Fsp3) is 0.714. The molecule has 1 N–H and O–H groups in total. The Kier molecular flexibility index (Phi) is 6.33. The summed E-state index contributed by atoms with van der Waals surface area (Å²) in [5.74, 6) is -1.39. The molecule has 8 nitrogen and oxygen atoms in total. The number of esters is 2. The molecule has 2 amide bonds. The van der Waals surface area contributed by atoms with Crippen LogP contribution in [0, 0.1) is 0 Å². The van der Waals surface area contributed by atoms with Crippen LogP contribution in [-0.2, 0) is 28.7 Å². The van der Waals surface area contributed by atoms with Gasteiger partial charge in [-0.05, 0) is 0 Å². The van der Waals surface area contributed by atoms with E-state index >= 15 is 0 Å². The van der Waals surface area contributed by atoms with Crippen LogP contribution in [0.15, 0.2) is 0 Å². The van der Waals surface area contributed by atoms with Gasteiger partial charge >= 0.3 is 11.9 Å². The van der Waals surface area contributed by atoms with Crippen molar-refractivity contribution in [2.24, 2.45) is 0 Å². The van der Waals surface area contributed by atoms with E-state index in [1.165, 1.54) is 32.6 Å². The van der Waals surface area contributed by atoms with Crippen LogP contribution < -0.4 is 5.32 Å². The molecule has 1 saturated heterocycles. The number of carbonyl (C=O) groups excluding carboxylic acids is 4. The Morgan fingerprint density at radius 2 is 1.73 bits per heavy atom. The van der Waals surface area contributed by atoms with Crippen molar-refractivity contribution in [1.29, 1.82) is 0 Å². The van der Waals surface area contributed by atoms with Crippen LogP contribution in [-0.4, -0.2) is 60.0 Å². The topological polar surface area (TPSA) is 102 Å². The molecule has 0 bridgehead atoms. The molecule has 1 rings (SSSR count). The Bertz CT molecular complexity index is 464. The molecule has 0 aromatic rings. The summed E-state index contributed by atoms with van der Waals surface area (Å²) < 4.78 is 10.2. The van der Waals surface area contributed by atoms with Gasteiger partial charge in [0.2, 0.25) is 11.8 Å². The summed E-state index contributed by atoms with van der Waals surface area (Å²) >= 11 is 0. The first-order valence-electron chi connectivity index (χ1n) is 7.05. The second kappa shape index (κ2) is 7.77. The molecular formula is C14H22N2O6. The van der Waals surface area contributed by atoms with E-state index in [1.807, 2.05) is 0 Å². The zero-order chi connectivity index (χ0) is 16.9. The lowest BCUT2D eigenvalue weighted by atomic mass is 9.95. The number of rotatable bonds is 4. The highest BCUT2D eigenvalue weighted by Crippen LogP contribution is 2.22. The third-order valence-corrected chi connectivity index (χ3v) is 3.38. The van der Waals surface area contributed by atoms with Gasteiger partial charge in [0.15, 0.2) is 0 Å². The molecule has 0 radical (unpaired) electrons. The fourth-order valence-electron chi connectivity index (χ4n) is 2.54. The molecule has 1 fully saturated rings. The smallest absolute Gasteiger partial charge is 0.302 e. The summed E-state index contributed by atoms with van der Waals surface area (Å²) in [6, 6.07) is -0.880. The third kappa shape index (κ3) is 5.34. The van der Waals surface area contributed by atoms with Crippen LogP contribution in [0.5, 0.6) is 0 Å². The molecule has 0 aliphatic carbocycles. The number of nitrogens with zero attached hydrogens (tertiary/aromatic N) is 1. The highest BCUT2D eigenvalue weighted by Gasteiger charge is 2.39. The van der Waals surface area contributed by atoms with Crippen LogP contribution in [0.2, 0.25) is 0 Å². The first-order chi connectivity index (χ1) is 10.2. The molecule has 3 atom stereocenters. The molecule has 1 aliphatic heterocycles. The number of piperidine rings is 1. The van der Waals surface area contributed by atoms with Crippen molar-refractivity contribution >= 4 is 23.8 Å². The zero-order valence-electron chi connectivity index (χ0n) is 13.3. The van der Waals surface area contributed by atoms with Gasteiger partial charge in [0.05, 0.1) is 12.1 Å². The molecule has 0 unspecified atom stereocenters. The average Bonchev–Trinajstić information content (AvgIpc) is 2.36. The normalized spacial score (nSPS) is 24.4. The van der Waals surface area contributed by atoms with E-state index in [1.54, 1.807) is 0 Å². The van der Waals surface area contributed by atoms with Gasteiger partial charge in [-0.15, -0.1) is 0 Å². The molecule has 0 saturated carbocycles. The molecule has 22 heavy (non-hydrogen) atoms. The first-order valence-corrected chi connectivity index (χ1v) is 7.05. The maximum Gasteiger partial charge on any atom is 0.302 e. The summed E-state index contributed by atoms with van der Waals surface area (Å²) in [6.07, 6.45) is -0.283. The standard InChI is InChI=1S/C14H22N2O6/c1-8(17)15-13-6-16(9(2)18)12(7-21-10(3)19)5-14(13)22-11(4)20/h12-14H,5-7H2,1-4H3,(H,15,17)/t12-,13+,14-/m0/s1. The lowest BCUT2D eigenvalue weighted by Gasteiger charge is -2.42. The zero-order valence-corrected chi connectivity index (χ0v) is 13.3. The first kappa shape index (κ1) is 17.9. The minimum Gasteiger partial charge on any atom is -0.464 e. The van der Waals surface area contributed by atoms with Crippen molar-refractivity contribution in [3.8, 4) is 0 Å². The van der Waals surface area contributed by atoms with E-state index < -0.39 is 30.1 Å². The highest BCUT2D eigenvalue weighted by atomic mass is 16.5. The van der Waals surface area contributed by atoms with Crippen molar-refractivity contribution in [2.45, 2.75) is 52.3 Å². The Balaban J connectivity index is 2.89. The number of ether oxygens (including phenoxy) is 2. The van der Waals surface area contributed by atoms with Crippen molar-refractivity contribution in [1.82, 2.24) is 10.2 Å². The maximum atomic E-state index is 11.8. The van der Waals surface area contributed by atoms with Gasteiger partial charge in [-0.2, -0.15) is 0 Å². The lowest BCUT2D eigenvalue weighted by Crippen LogP contribution is -2.61. The predicted octanol–water partition coefficient (Wildman–Crippen LogP) is -0.393. The predicted molar refractivity (Wildman–Crippen MR) is 75.6 cm³/mol. The Morgan fingerprint density at radius 1 is 1.09 bits per heavy atom. The summed E-state index contributed by atoms with van der Waals surface area (Å²) in [5.41, 5.74) is 0.